The summed E-state index contributed by atoms with van der Waals surface area (Å²) in [5.74, 6) is -1.02. The van der Waals surface area contributed by atoms with E-state index in [4.69, 9.17) is 5.26 Å². The molecule has 2 amide bonds. The van der Waals surface area contributed by atoms with Gasteiger partial charge in [0, 0.05) is 0 Å². The Morgan fingerprint density at radius 3 is 2.62 bits per heavy atom. The van der Waals surface area contributed by atoms with Crippen LogP contribution in [-0.4, -0.2) is 24.8 Å². The van der Waals surface area contributed by atoms with Gasteiger partial charge in [0.25, 0.3) is 5.91 Å². The average molecular weight is 184 g/mol. The molecule has 0 aromatic carbocycles. The highest BCUT2D eigenvalue weighted by atomic mass is 16.6. The monoisotopic (exact) mass is 184 g/mol. The maximum Gasteiger partial charge on any atom is 0.414 e. The number of hydrogen-bond acceptors (Lipinski definition) is 6. The third-order valence-electron chi connectivity index (χ3n) is 0.850. The minimum Gasteiger partial charge on any atom is -0.446 e. The Morgan fingerprint density at radius 1 is 1.62 bits per heavy atom. The van der Waals surface area contributed by atoms with Gasteiger partial charge in [0.15, 0.2) is 0 Å². The van der Waals surface area contributed by atoms with Crippen LogP contribution in [0, 0.1) is 18.4 Å². The molecule has 0 aliphatic heterocycles. The molecule has 0 aliphatic carbocycles. The summed E-state index contributed by atoms with van der Waals surface area (Å²) in [5, 5.41) is 13.0. The minimum absolute atomic E-state index is 0.590. The number of carbonyl (C=O) groups excluding carboxylic acids is 2. The fourth-order valence-corrected chi connectivity index (χ4v) is 0.392. The molecule has 69 valence electrons. The largest absolute Gasteiger partial charge is 0.446 e. The van der Waals surface area contributed by atoms with Crippen molar-refractivity contribution in [3.05, 3.63) is 7.11 Å². The van der Waals surface area contributed by atoms with Gasteiger partial charge in [-0.15, -0.1) is 0 Å². The quantitative estimate of drug-likeness (QED) is 0.463. The average Bonchev–Trinajstić information content (AvgIpc) is 2.13. The molecule has 0 aromatic rings. The minimum atomic E-state index is -1.08. The van der Waals surface area contributed by atoms with Gasteiger partial charge in [0.05, 0.1) is 0 Å². The molecule has 1 N–H and O–H groups in total. The van der Waals surface area contributed by atoms with Crippen LogP contribution in [0.2, 0.25) is 0 Å². The van der Waals surface area contributed by atoms with E-state index in [0.717, 1.165) is 7.11 Å². The van der Waals surface area contributed by atoms with Crippen molar-refractivity contribution in [1.29, 1.82) is 5.26 Å². The second-order valence-electron chi connectivity index (χ2n) is 1.62. The Morgan fingerprint density at radius 2 is 2.23 bits per heavy atom. The maximum atomic E-state index is 10.9. The number of nitriles is 1. The van der Waals surface area contributed by atoms with Crippen LogP contribution in [0.4, 0.5) is 4.79 Å². The standard InChI is InChI=1S/C6H6N3O4/c1-12-6(11)8-5(10)4(3-7)9-13-2/h1H2,2H3,(H,8,10,11)/b9-4-. The number of imide groups is 1. The van der Waals surface area contributed by atoms with Crippen molar-refractivity contribution in [2.24, 2.45) is 5.16 Å². The molecule has 1 radical (unpaired) electrons. The van der Waals surface area contributed by atoms with E-state index < -0.39 is 17.7 Å². The Balaban J connectivity index is 4.34. The molecule has 0 unspecified atom stereocenters. The summed E-state index contributed by atoms with van der Waals surface area (Å²) < 4.78 is 3.87. The van der Waals surface area contributed by atoms with Crippen molar-refractivity contribution in [2.75, 3.05) is 7.11 Å². The third kappa shape index (κ3) is 3.71. The normalized spacial score (nSPS) is 9.77. The molecular formula is C6H6N3O4. The van der Waals surface area contributed by atoms with Crippen LogP contribution in [-0.2, 0) is 14.4 Å². The van der Waals surface area contributed by atoms with Gasteiger partial charge < -0.3 is 9.57 Å². The fourth-order valence-electron chi connectivity index (χ4n) is 0.392. The van der Waals surface area contributed by atoms with Gasteiger partial charge in [0.2, 0.25) is 5.71 Å². The molecule has 0 saturated heterocycles. The molecule has 0 atom stereocenters. The smallest absolute Gasteiger partial charge is 0.414 e. The second-order valence-corrected chi connectivity index (χ2v) is 1.62. The summed E-state index contributed by atoms with van der Waals surface area (Å²) in [7, 11) is 3.91. The van der Waals surface area contributed by atoms with Crippen LogP contribution in [0.1, 0.15) is 0 Å². The Hall–Kier alpha value is -2.10. The van der Waals surface area contributed by atoms with Crippen LogP contribution < -0.4 is 5.32 Å². The molecule has 7 heteroatoms. The summed E-state index contributed by atoms with van der Waals surface area (Å²) in [5.41, 5.74) is -0.590. The topological polar surface area (TPSA) is 101 Å². The lowest BCUT2D eigenvalue weighted by molar-refractivity contribution is -0.114. The summed E-state index contributed by atoms with van der Waals surface area (Å²) >= 11 is 0. The van der Waals surface area contributed by atoms with E-state index >= 15 is 0 Å². The number of oxime groups is 1. The first-order valence-electron chi connectivity index (χ1n) is 2.94. The van der Waals surface area contributed by atoms with E-state index in [1.165, 1.54) is 6.07 Å². The molecule has 13 heavy (non-hydrogen) atoms. The van der Waals surface area contributed by atoms with Crippen molar-refractivity contribution in [1.82, 2.24) is 5.32 Å². The maximum absolute atomic E-state index is 10.9. The van der Waals surface area contributed by atoms with Gasteiger partial charge in [0.1, 0.15) is 20.3 Å². The summed E-state index contributed by atoms with van der Waals surface area (Å²) in [6, 6.07) is 1.42. The number of rotatable bonds is 2. The summed E-state index contributed by atoms with van der Waals surface area (Å²) in [4.78, 5) is 25.5. The molecule has 0 heterocycles. The highest BCUT2D eigenvalue weighted by Gasteiger charge is 2.14. The zero-order chi connectivity index (χ0) is 10.3. The lowest BCUT2D eigenvalue weighted by Gasteiger charge is -1.98. The molecule has 0 aromatic heterocycles. The highest BCUT2D eigenvalue weighted by Crippen LogP contribution is 1.81. The molecule has 0 bridgehead atoms. The number of amides is 2. The first-order chi connectivity index (χ1) is 6.15. The number of ether oxygens (including phenoxy) is 1. The first-order valence-corrected chi connectivity index (χ1v) is 2.94. The number of carbonyl (C=O) groups is 2. The zero-order valence-electron chi connectivity index (χ0n) is 6.73. The van der Waals surface area contributed by atoms with Gasteiger partial charge in [-0.1, -0.05) is 5.16 Å². The number of hydrogen-bond donors (Lipinski definition) is 1. The van der Waals surface area contributed by atoms with Crippen LogP contribution in [0.5, 0.6) is 0 Å². The number of nitrogens with zero attached hydrogens (tertiary/aromatic N) is 2. The van der Waals surface area contributed by atoms with Gasteiger partial charge in [-0.25, -0.2) is 4.79 Å². The van der Waals surface area contributed by atoms with E-state index in [-0.39, 0.29) is 0 Å². The van der Waals surface area contributed by atoms with Crippen molar-refractivity contribution in [3.63, 3.8) is 0 Å². The van der Waals surface area contributed by atoms with Gasteiger partial charge in [-0.2, -0.15) is 5.26 Å². The van der Waals surface area contributed by atoms with Gasteiger partial charge in [-0.05, 0) is 0 Å². The first kappa shape index (κ1) is 10.9. The molecule has 0 aliphatic rings. The third-order valence-corrected chi connectivity index (χ3v) is 0.850. The van der Waals surface area contributed by atoms with Gasteiger partial charge >= 0.3 is 6.09 Å². The predicted octanol–water partition coefficient (Wildman–Crippen LogP) is -0.443. The van der Waals surface area contributed by atoms with E-state index in [2.05, 4.69) is 21.8 Å². The Bertz CT molecular complexity index is 278. The lowest BCUT2D eigenvalue weighted by Crippen LogP contribution is -2.35. The summed E-state index contributed by atoms with van der Waals surface area (Å²) in [6.45, 7) is 0. The predicted molar refractivity (Wildman–Crippen MR) is 40.0 cm³/mol. The van der Waals surface area contributed by atoms with E-state index in [0.29, 0.717) is 0 Å². The van der Waals surface area contributed by atoms with Crippen molar-refractivity contribution < 1.29 is 19.2 Å². The van der Waals surface area contributed by atoms with Crippen LogP contribution >= 0.6 is 0 Å². The van der Waals surface area contributed by atoms with Crippen LogP contribution in [0.3, 0.4) is 0 Å². The Labute approximate surface area is 73.9 Å². The number of alkyl carbamates (subject to hydrolysis) is 1. The molecular weight excluding hydrogens is 178 g/mol. The fraction of sp³-hybridized carbons (Fsp3) is 0.167. The van der Waals surface area contributed by atoms with Gasteiger partial charge in [-0.3, -0.25) is 10.1 Å². The SMILES string of the molecule is [CH2]OC(=O)NC(=O)/C(C#N)=N\OC. The van der Waals surface area contributed by atoms with Crippen molar-refractivity contribution in [3.8, 4) is 6.07 Å². The van der Waals surface area contributed by atoms with E-state index in [1.54, 1.807) is 5.32 Å². The van der Waals surface area contributed by atoms with E-state index in [9.17, 15) is 9.59 Å². The van der Waals surface area contributed by atoms with Crippen LogP contribution in [0.15, 0.2) is 5.16 Å². The Kier molecular flexibility index (Phi) is 4.64. The zero-order valence-corrected chi connectivity index (χ0v) is 6.73. The van der Waals surface area contributed by atoms with E-state index in [1.807, 2.05) is 0 Å². The molecule has 0 fully saturated rings. The molecule has 0 rings (SSSR count). The molecule has 7 nitrogen and oxygen atoms in total. The second kappa shape index (κ2) is 5.54. The molecule has 0 spiro atoms. The van der Waals surface area contributed by atoms with Crippen molar-refractivity contribution >= 4 is 17.7 Å². The lowest BCUT2D eigenvalue weighted by atomic mass is 10.4. The number of nitrogens with one attached hydrogen (secondary N) is 1. The summed E-state index contributed by atoms with van der Waals surface area (Å²) in [6.07, 6.45) is -1.08. The molecule has 0 saturated carbocycles. The highest BCUT2D eigenvalue weighted by molar-refractivity contribution is 6.46. The van der Waals surface area contributed by atoms with Crippen LogP contribution in [0.25, 0.3) is 0 Å². The van der Waals surface area contributed by atoms with Crippen molar-refractivity contribution in [2.45, 2.75) is 0 Å².